The van der Waals surface area contributed by atoms with Gasteiger partial charge in [-0.2, -0.15) is 0 Å². The third kappa shape index (κ3) is 6.04. The van der Waals surface area contributed by atoms with Crippen molar-refractivity contribution in [1.29, 1.82) is 0 Å². The Kier molecular flexibility index (Phi) is 7.42. The summed E-state index contributed by atoms with van der Waals surface area (Å²) in [4.78, 5) is 36.6. The molecule has 35 heavy (non-hydrogen) atoms. The number of carbonyl (C=O) groups excluding carboxylic acids is 2. The number of fused-ring (bicyclic) bond motifs is 1. The maximum absolute atomic E-state index is 13.0. The molecule has 0 aliphatic rings. The van der Waals surface area contributed by atoms with Gasteiger partial charge in [-0.15, -0.1) is 11.8 Å². The molecular formula is C27H23N3O4S. The number of nitrogens with zero attached hydrogens (tertiary/aromatic N) is 1. The van der Waals surface area contributed by atoms with Crippen LogP contribution in [0.4, 0.5) is 17.1 Å². The fourth-order valence-corrected chi connectivity index (χ4v) is 4.57. The van der Waals surface area contributed by atoms with Crippen LogP contribution in [-0.2, 0) is 4.79 Å². The smallest absolute Gasteiger partial charge is 0.269 e. The van der Waals surface area contributed by atoms with Gasteiger partial charge in [0.15, 0.2) is 0 Å². The zero-order valence-corrected chi connectivity index (χ0v) is 19.7. The molecule has 1 unspecified atom stereocenters. The van der Waals surface area contributed by atoms with Gasteiger partial charge in [-0.1, -0.05) is 43.3 Å². The number of non-ortho nitro benzene ring substituents is 1. The zero-order valence-electron chi connectivity index (χ0n) is 18.9. The first kappa shape index (κ1) is 24.0. The van der Waals surface area contributed by atoms with Crippen molar-refractivity contribution in [3.63, 3.8) is 0 Å². The van der Waals surface area contributed by atoms with E-state index < -0.39 is 4.92 Å². The first-order valence-electron chi connectivity index (χ1n) is 11.0. The van der Waals surface area contributed by atoms with Gasteiger partial charge in [0.2, 0.25) is 5.91 Å². The third-order valence-corrected chi connectivity index (χ3v) is 6.75. The van der Waals surface area contributed by atoms with Crippen LogP contribution in [-0.4, -0.2) is 22.0 Å². The maximum Gasteiger partial charge on any atom is 0.269 e. The second-order valence-electron chi connectivity index (χ2n) is 7.85. The molecule has 4 aromatic carbocycles. The number of benzene rings is 4. The summed E-state index contributed by atoms with van der Waals surface area (Å²) >= 11 is 1.42. The number of thioether (sulfide) groups is 1. The first-order chi connectivity index (χ1) is 16.9. The summed E-state index contributed by atoms with van der Waals surface area (Å²) in [6.07, 6.45) is 0.628. The van der Waals surface area contributed by atoms with Crippen LogP contribution in [0.25, 0.3) is 10.8 Å². The van der Waals surface area contributed by atoms with E-state index in [9.17, 15) is 19.7 Å². The lowest BCUT2D eigenvalue weighted by Crippen LogP contribution is -2.24. The van der Waals surface area contributed by atoms with Crippen molar-refractivity contribution < 1.29 is 14.5 Å². The van der Waals surface area contributed by atoms with Gasteiger partial charge in [-0.25, -0.2) is 0 Å². The van der Waals surface area contributed by atoms with E-state index in [2.05, 4.69) is 10.6 Å². The molecule has 4 aromatic rings. The quantitative estimate of drug-likeness (QED) is 0.168. The molecular weight excluding hydrogens is 462 g/mol. The number of hydrogen-bond donors (Lipinski definition) is 2. The summed E-state index contributed by atoms with van der Waals surface area (Å²) in [5.41, 5.74) is 1.56. The molecule has 0 bridgehead atoms. The number of rotatable bonds is 8. The maximum atomic E-state index is 13.0. The minimum atomic E-state index is -0.511. The Morgan fingerprint density at radius 3 is 2.29 bits per heavy atom. The number of nitro groups is 1. The Morgan fingerprint density at radius 1 is 0.857 bits per heavy atom. The van der Waals surface area contributed by atoms with Crippen molar-refractivity contribution in [1.82, 2.24) is 0 Å². The average Bonchev–Trinajstić information content (AvgIpc) is 2.87. The van der Waals surface area contributed by atoms with Gasteiger partial charge in [0.05, 0.1) is 10.2 Å². The summed E-state index contributed by atoms with van der Waals surface area (Å²) in [5.74, 6) is -0.462. The minimum Gasteiger partial charge on any atom is -0.325 e. The van der Waals surface area contributed by atoms with Crippen molar-refractivity contribution in [2.45, 2.75) is 23.5 Å². The lowest BCUT2D eigenvalue weighted by atomic mass is 10.1. The first-order valence-corrected chi connectivity index (χ1v) is 11.9. The van der Waals surface area contributed by atoms with Crippen LogP contribution in [0.15, 0.2) is 95.9 Å². The topological polar surface area (TPSA) is 101 Å². The largest absolute Gasteiger partial charge is 0.325 e. The van der Waals surface area contributed by atoms with E-state index in [-0.39, 0.29) is 22.8 Å². The number of hydrogen-bond acceptors (Lipinski definition) is 5. The molecule has 1 atom stereocenters. The lowest BCUT2D eigenvalue weighted by molar-refractivity contribution is -0.384. The van der Waals surface area contributed by atoms with Crippen molar-refractivity contribution in [2.75, 3.05) is 10.6 Å². The third-order valence-electron chi connectivity index (χ3n) is 5.39. The number of amides is 2. The Bertz CT molecular complexity index is 1390. The summed E-state index contributed by atoms with van der Waals surface area (Å²) in [7, 11) is 0. The monoisotopic (exact) mass is 485 g/mol. The highest BCUT2D eigenvalue weighted by Crippen LogP contribution is 2.29. The van der Waals surface area contributed by atoms with Crippen LogP contribution in [0.1, 0.15) is 23.7 Å². The molecule has 0 spiro atoms. The Morgan fingerprint density at radius 2 is 1.57 bits per heavy atom. The molecule has 0 saturated heterocycles. The van der Waals surface area contributed by atoms with E-state index in [1.54, 1.807) is 12.1 Å². The van der Waals surface area contributed by atoms with Crippen LogP contribution < -0.4 is 10.6 Å². The van der Waals surface area contributed by atoms with Gasteiger partial charge in [-0.3, -0.25) is 19.7 Å². The zero-order chi connectivity index (χ0) is 24.8. The molecule has 0 aliphatic heterocycles. The highest BCUT2D eigenvalue weighted by atomic mass is 32.2. The fraction of sp³-hybridized carbons (Fsp3) is 0.111. The molecule has 0 radical (unpaired) electrons. The Hall–Kier alpha value is -4.17. The number of carbonyl (C=O) groups is 2. The number of nitro benzene ring substituents is 1. The molecule has 2 N–H and O–H groups in total. The van der Waals surface area contributed by atoms with E-state index in [1.165, 1.54) is 36.0 Å². The minimum absolute atomic E-state index is 0.0764. The van der Waals surface area contributed by atoms with Gasteiger partial charge >= 0.3 is 0 Å². The van der Waals surface area contributed by atoms with E-state index in [0.29, 0.717) is 17.7 Å². The molecule has 7 nitrogen and oxygen atoms in total. The van der Waals surface area contributed by atoms with Crippen LogP contribution in [0.5, 0.6) is 0 Å². The highest BCUT2D eigenvalue weighted by molar-refractivity contribution is 8.00. The molecule has 4 rings (SSSR count). The predicted molar refractivity (Wildman–Crippen MR) is 140 cm³/mol. The Labute approximate surface area is 206 Å². The standard InChI is InChI=1S/C27H23N3O4S/c1-2-25(27(32)29-22-13-10-18-6-3-4-7-20(18)16-22)35-24-9-5-8-21(17-24)28-26(31)19-11-14-23(15-12-19)30(33)34/h3-17,25H,2H2,1H3,(H,28,31)(H,29,32). The average molecular weight is 486 g/mol. The van der Waals surface area contributed by atoms with Crippen molar-refractivity contribution in [3.05, 3.63) is 107 Å². The van der Waals surface area contributed by atoms with Crippen LogP contribution in [0.2, 0.25) is 0 Å². The van der Waals surface area contributed by atoms with Gasteiger partial charge in [-0.05, 0) is 59.7 Å². The van der Waals surface area contributed by atoms with Gasteiger partial charge in [0.25, 0.3) is 11.6 Å². The van der Waals surface area contributed by atoms with Gasteiger partial charge < -0.3 is 10.6 Å². The van der Waals surface area contributed by atoms with E-state index in [0.717, 1.165) is 21.4 Å². The SMILES string of the molecule is CCC(Sc1cccc(NC(=O)c2ccc([N+](=O)[O-])cc2)c1)C(=O)Nc1ccc2ccccc2c1. The molecule has 0 heterocycles. The van der Waals surface area contributed by atoms with Crippen molar-refractivity contribution >= 4 is 51.4 Å². The lowest BCUT2D eigenvalue weighted by Gasteiger charge is -2.16. The Balaban J connectivity index is 1.41. The molecule has 0 aliphatic carbocycles. The molecule has 176 valence electrons. The second kappa shape index (κ2) is 10.8. The van der Waals surface area contributed by atoms with Gasteiger partial charge in [0.1, 0.15) is 0 Å². The normalized spacial score (nSPS) is 11.6. The van der Waals surface area contributed by atoms with Gasteiger partial charge in [0, 0.05) is 34.0 Å². The predicted octanol–water partition coefficient (Wildman–Crippen LogP) is 6.51. The van der Waals surface area contributed by atoms with Crippen molar-refractivity contribution in [3.8, 4) is 0 Å². The summed E-state index contributed by atoms with van der Waals surface area (Å²) in [6, 6.07) is 26.5. The number of anilines is 2. The number of nitrogens with one attached hydrogen (secondary N) is 2. The van der Waals surface area contributed by atoms with E-state index in [4.69, 9.17) is 0 Å². The second-order valence-corrected chi connectivity index (χ2v) is 9.13. The van der Waals surface area contributed by atoms with E-state index >= 15 is 0 Å². The van der Waals surface area contributed by atoms with Crippen LogP contribution >= 0.6 is 11.8 Å². The molecule has 0 saturated carbocycles. The molecule has 8 heteroatoms. The molecule has 2 amide bonds. The fourth-order valence-electron chi connectivity index (χ4n) is 3.56. The summed E-state index contributed by atoms with van der Waals surface area (Å²) < 4.78 is 0. The molecule has 0 aromatic heterocycles. The van der Waals surface area contributed by atoms with E-state index in [1.807, 2.05) is 61.5 Å². The van der Waals surface area contributed by atoms with Crippen molar-refractivity contribution in [2.24, 2.45) is 0 Å². The summed E-state index contributed by atoms with van der Waals surface area (Å²) in [6.45, 7) is 1.96. The highest BCUT2D eigenvalue weighted by Gasteiger charge is 2.19. The molecule has 0 fully saturated rings. The summed E-state index contributed by atoms with van der Waals surface area (Å²) in [5, 5.41) is 18.5. The van der Waals surface area contributed by atoms with Crippen LogP contribution in [0, 0.1) is 10.1 Å². The van der Waals surface area contributed by atoms with Crippen LogP contribution in [0.3, 0.4) is 0 Å².